The van der Waals surface area contributed by atoms with Gasteiger partial charge in [-0.05, 0) is 63.2 Å². The van der Waals surface area contributed by atoms with Crippen molar-refractivity contribution in [1.82, 2.24) is 0 Å². The fourth-order valence-electron chi connectivity index (χ4n) is 3.76. The van der Waals surface area contributed by atoms with Gasteiger partial charge in [0.25, 0.3) is 0 Å². The van der Waals surface area contributed by atoms with Gasteiger partial charge in [0.15, 0.2) is 8.32 Å². The maximum atomic E-state index is 9.64. The van der Waals surface area contributed by atoms with Gasteiger partial charge in [0.2, 0.25) is 5.79 Å². The second kappa shape index (κ2) is 6.55. The van der Waals surface area contributed by atoms with Crippen molar-refractivity contribution in [3.63, 3.8) is 0 Å². The average Bonchev–Trinajstić information content (AvgIpc) is 2.52. The highest BCUT2D eigenvalue weighted by Crippen LogP contribution is 2.49. The topological polar surface area (TPSA) is 42.2 Å². The molecule has 0 spiro atoms. The molecule has 0 bridgehead atoms. The summed E-state index contributed by atoms with van der Waals surface area (Å²) in [5.41, 5.74) is 1.62. The molecule has 0 aromatic heterocycles. The number of fused-ring (bicyclic) bond motifs is 1. The van der Waals surface area contributed by atoms with E-state index in [1.54, 1.807) is 0 Å². The van der Waals surface area contributed by atoms with E-state index in [4.69, 9.17) is 20.8 Å². The molecular weight excluding hydrogens is 338 g/mol. The van der Waals surface area contributed by atoms with Crippen molar-refractivity contribution in [3.8, 4) is 6.07 Å². The van der Waals surface area contributed by atoms with E-state index in [0.717, 1.165) is 36.8 Å². The molecule has 2 aliphatic rings. The molecule has 3 nitrogen and oxygen atoms in total. The van der Waals surface area contributed by atoms with Gasteiger partial charge in [0.1, 0.15) is 5.76 Å². The normalized spacial score (nSPS) is 27.2. The average molecular weight is 362 g/mol. The number of hydrogen-bond donors (Lipinski definition) is 0. The van der Waals surface area contributed by atoms with E-state index in [0.29, 0.717) is 10.8 Å². The zero-order valence-corrected chi connectivity index (χ0v) is 16.3. The van der Waals surface area contributed by atoms with Gasteiger partial charge in [-0.25, -0.2) is 0 Å². The maximum absolute atomic E-state index is 9.64. The number of halogens is 1. The third kappa shape index (κ3) is 3.54. The first kappa shape index (κ1) is 17.5. The molecule has 1 saturated carbocycles. The minimum atomic E-state index is -1.79. The van der Waals surface area contributed by atoms with Crippen molar-refractivity contribution in [1.29, 1.82) is 5.26 Å². The SMILES string of the molecule is C[Si](C)(C)OC12CCCCC1CC(C#N)=C(c1ccc(Cl)cc1)O2. The van der Waals surface area contributed by atoms with Gasteiger partial charge in [-0.15, -0.1) is 0 Å². The third-order valence-corrected chi connectivity index (χ3v) is 5.88. The minimum absolute atomic E-state index is 0.267. The van der Waals surface area contributed by atoms with Crippen molar-refractivity contribution >= 4 is 25.7 Å². The molecule has 1 heterocycles. The quantitative estimate of drug-likeness (QED) is 0.645. The predicted octanol–water partition coefficient (Wildman–Crippen LogP) is 5.73. The van der Waals surface area contributed by atoms with Gasteiger partial charge in [0, 0.05) is 22.9 Å². The Bertz CT molecular complexity index is 687. The molecule has 0 radical (unpaired) electrons. The Kier molecular flexibility index (Phi) is 4.79. The Labute approximate surface area is 150 Å². The maximum Gasteiger partial charge on any atom is 0.204 e. The Morgan fingerprint density at radius 3 is 2.58 bits per heavy atom. The summed E-state index contributed by atoms with van der Waals surface area (Å²) in [5, 5.41) is 10.3. The summed E-state index contributed by atoms with van der Waals surface area (Å²) in [6.45, 7) is 6.59. The molecule has 24 heavy (non-hydrogen) atoms. The number of ether oxygens (including phenoxy) is 1. The summed E-state index contributed by atoms with van der Waals surface area (Å²) in [7, 11) is -1.79. The Hall–Kier alpha value is -1.28. The molecular formula is C19H24ClNO2Si. The van der Waals surface area contributed by atoms with Crippen LogP contribution in [0.1, 0.15) is 37.7 Å². The van der Waals surface area contributed by atoms with E-state index in [2.05, 4.69) is 25.7 Å². The van der Waals surface area contributed by atoms with Crippen LogP contribution in [0.2, 0.25) is 24.7 Å². The van der Waals surface area contributed by atoms with Crippen molar-refractivity contribution in [2.75, 3.05) is 0 Å². The van der Waals surface area contributed by atoms with E-state index >= 15 is 0 Å². The van der Waals surface area contributed by atoms with E-state index in [-0.39, 0.29) is 5.92 Å². The molecule has 2 unspecified atom stereocenters. The van der Waals surface area contributed by atoms with Gasteiger partial charge >= 0.3 is 0 Å². The fraction of sp³-hybridized carbons (Fsp3) is 0.526. The van der Waals surface area contributed by atoms with Crippen LogP contribution in [0.25, 0.3) is 5.76 Å². The van der Waals surface area contributed by atoms with Gasteiger partial charge in [-0.1, -0.05) is 18.0 Å². The zero-order valence-electron chi connectivity index (χ0n) is 14.6. The highest BCUT2D eigenvalue weighted by atomic mass is 35.5. The lowest BCUT2D eigenvalue weighted by Gasteiger charge is -2.49. The highest BCUT2D eigenvalue weighted by Gasteiger charge is 2.50. The molecule has 5 heteroatoms. The molecule has 0 N–H and O–H groups in total. The van der Waals surface area contributed by atoms with Crippen LogP contribution in [0.4, 0.5) is 0 Å². The van der Waals surface area contributed by atoms with Crippen LogP contribution in [0, 0.1) is 17.2 Å². The first-order valence-electron chi connectivity index (χ1n) is 8.61. The number of nitriles is 1. The predicted molar refractivity (Wildman–Crippen MR) is 98.8 cm³/mol. The van der Waals surface area contributed by atoms with Crippen LogP contribution in [0.15, 0.2) is 29.8 Å². The number of allylic oxidation sites excluding steroid dienone is 1. The van der Waals surface area contributed by atoms with Crippen molar-refractivity contribution in [2.24, 2.45) is 5.92 Å². The standard InChI is InChI=1S/C19H24ClNO2Si/c1-24(2,3)23-19-11-5-4-6-16(19)12-15(13-21)18(22-19)14-7-9-17(20)10-8-14/h7-10,16H,4-6,11-12H2,1-3H3. The smallest absolute Gasteiger partial charge is 0.204 e. The first-order valence-corrected chi connectivity index (χ1v) is 12.4. The monoisotopic (exact) mass is 361 g/mol. The number of hydrogen-bond acceptors (Lipinski definition) is 3. The summed E-state index contributed by atoms with van der Waals surface area (Å²) in [5.74, 6) is 0.368. The minimum Gasteiger partial charge on any atom is -0.461 e. The lowest BCUT2D eigenvalue weighted by Crippen LogP contribution is -2.53. The van der Waals surface area contributed by atoms with Crippen LogP contribution < -0.4 is 0 Å². The largest absolute Gasteiger partial charge is 0.461 e. The first-order chi connectivity index (χ1) is 11.3. The molecule has 1 aliphatic carbocycles. The molecule has 3 rings (SSSR count). The van der Waals surface area contributed by atoms with E-state index in [1.165, 1.54) is 6.42 Å². The van der Waals surface area contributed by atoms with E-state index in [1.807, 2.05) is 24.3 Å². The number of nitrogens with zero attached hydrogens (tertiary/aromatic N) is 1. The second-order valence-corrected chi connectivity index (χ2v) is 12.6. The summed E-state index contributed by atoms with van der Waals surface area (Å²) < 4.78 is 13.1. The fourth-order valence-corrected chi connectivity index (χ4v) is 5.23. The highest BCUT2D eigenvalue weighted by molar-refractivity contribution is 6.69. The molecule has 1 fully saturated rings. The van der Waals surface area contributed by atoms with Crippen LogP contribution in [0.3, 0.4) is 0 Å². The molecule has 0 amide bonds. The molecule has 2 atom stereocenters. The van der Waals surface area contributed by atoms with Crippen LogP contribution >= 0.6 is 11.6 Å². The van der Waals surface area contributed by atoms with Crippen LogP contribution in [-0.4, -0.2) is 14.1 Å². The molecule has 1 aromatic carbocycles. The van der Waals surface area contributed by atoms with Gasteiger partial charge in [-0.2, -0.15) is 5.26 Å². The summed E-state index contributed by atoms with van der Waals surface area (Å²) >= 11 is 6.01. The van der Waals surface area contributed by atoms with E-state index < -0.39 is 14.1 Å². The van der Waals surface area contributed by atoms with Gasteiger partial charge < -0.3 is 9.16 Å². The summed E-state index contributed by atoms with van der Waals surface area (Å²) in [6, 6.07) is 9.86. The van der Waals surface area contributed by atoms with Gasteiger partial charge in [0.05, 0.1) is 11.6 Å². The molecule has 1 aromatic rings. The van der Waals surface area contributed by atoms with E-state index in [9.17, 15) is 5.26 Å². The Morgan fingerprint density at radius 2 is 1.96 bits per heavy atom. The lowest BCUT2D eigenvalue weighted by molar-refractivity contribution is -0.204. The van der Waals surface area contributed by atoms with Crippen molar-refractivity contribution < 1.29 is 9.16 Å². The number of rotatable bonds is 3. The zero-order chi connectivity index (χ0) is 17.4. The third-order valence-electron chi connectivity index (χ3n) is 4.67. The van der Waals surface area contributed by atoms with Crippen LogP contribution in [0.5, 0.6) is 0 Å². The van der Waals surface area contributed by atoms with Crippen molar-refractivity contribution in [2.45, 2.75) is 57.5 Å². The summed E-state index contributed by atoms with van der Waals surface area (Å²) in [4.78, 5) is 0. The molecule has 128 valence electrons. The Balaban J connectivity index is 2.03. The lowest BCUT2D eigenvalue weighted by atomic mass is 9.77. The number of benzene rings is 1. The van der Waals surface area contributed by atoms with Crippen molar-refractivity contribution in [3.05, 3.63) is 40.4 Å². The summed E-state index contributed by atoms with van der Waals surface area (Å²) in [6.07, 6.45) is 4.98. The Morgan fingerprint density at radius 1 is 1.25 bits per heavy atom. The van der Waals surface area contributed by atoms with Crippen LogP contribution in [-0.2, 0) is 9.16 Å². The molecule has 1 aliphatic heterocycles. The van der Waals surface area contributed by atoms with Gasteiger partial charge in [-0.3, -0.25) is 0 Å². The molecule has 0 saturated heterocycles. The second-order valence-electron chi connectivity index (χ2n) is 7.70.